The minimum Gasteiger partial charge on any atom is -0.377 e. The lowest BCUT2D eigenvalue weighted by Gasteiger charge is -2.24. The van der Waals surface area contributed by atoms with Gasteiger partial charge in [-0.1, -0.05) is 33.1 Å². The van der Waals surface area contributed by atoms with Crippen LogP contribution < -0.4 is 5.32 Å². The molecule has 0 bridgehead atoms. The van der Waals surface area contributed by atoms with Crippen LogP contribution in [0.25, 0.3) is 0 Å². The zero-order chi connectivity index (χ0) is 12.5. The quantitative estimate of drug-likeness (QED) is 0.699. The summed E-state index contributed by atoms with van der Waals surface area (Å²) in [5, 5.41) is 3.58. The lowest BCUT2D eigenvalue weighted by Crippen LogP contribution is -2.35. The molecule has 2 nitrogen and oxygen atoms in total. The van der Waals surface area contributed by atoms with Gasteiger partial charge in [0.25, 0.3) is 0 Å². The minimum atomic E-state index is 0.359. The third kappa shape index (κ3) is 6.42. The summed E-state index contributed by atoms with van der Waals surface area (Å²) < 4.78 is 5.96. The van der Waals surface area contributed by atoms with Crippen molar-refractivity contribution in [2.75, 3.05) is 13.2 Å². The first kappa shape index (κ1) is 15.0. The Morgan fingerprint density at radius 2 is 1.76 bits per heavy atom. The summed E-state index contributed by atoms with van der Waals surface area (Å²) >= 11 is 0. The number of nitrogens with one attached hydrogen (secondary N) is 1. The van der Waals surface area contributed by atoms with E-state index in [9.17, 15) is 0 Å². The second-order valence-electron chi connectivity index (χ2n) is 5.57. The van der Waals surface area contributed by atoms with Crippen LogP contribution in [0.3, 0.4) is 0 Å². The molecular formula is C15H31NO. The van der Waals surface area contributed by atoms with E-state index >= 15 is 0 Å². The fourth-order valence-corrected chi connectivity index (χ4v) is 2.62. The Bertz CT molecular complexity index is 174. The smallest absolute Gasteiger partial charge is 0.0671 e. The van der Waals surface area contributed by atoms with Crippen LogP contribution >= 0.6 is 0 Å². The molecule has 1 aliphatic carbocycles. The molecule has 1 aliphatic rings. The van der Waals surface area contributed by atoms with Gasteiger partial charge in [0, 0.05) is 19.2 Å². The first-order valence-electron chi connectivity index (χ1n) is 7.61. The van der Waals surface area contributed by atoms with Crippen LogP contribution in [-0.2, 0) is 4.74 Å². The molecule has 1 N–H and O–H groups in total. The van der Waals surface area contributed by atoms with Crippen molar-refractivity contribution in [1.29, 1.82) is 0 Å². The van der Waals surface area contributed by atoms with Gasteiger partial charge >= 0.3 is 0 Å². The molecule has 0 aromatic heterocycles. The van der Waals surface area contributed by atoms with Gasteiger partial charge in [0.05, 0.1) is 6.10 Å². The molecule has 0 saturated heterocycles. The molecule has 1 atom stereocenters. The first-order valence-corrected chi connectivity index (χ1v) is 7.61. The largest absolute Gasteiger partial charge is 0.377 e. The first-order chi connectivity index (χ1) is 8.26. The van der Waals surface area contributed by atoms with E-state index in [0.717, 1.165) is 19.1 Å². The van der Waals surface area contributed by atoms with E-state index in [4.69, 9.17) is 4.74 Å². The van der Waals surface area contributed by atoms with Gasteiger partial charge in [0.15, 0.2) is 0 Å². The van der Waals surface area contributed by atoms with Gasteiger partial charge < -0.3 is 10.1 Å². The second kappa shape index (κ2) is 8.93. The Morgan fingerprint density at radius 3 is 2.35 bits per heavy atom. The Balaban J connectivity index is 2.05. The van der Waals surface area contributed by atoms with E-state index in [0.29, 0.717) is 12.1 Å². The highest BCUT2D eigenvalue weighted by atomic mass is 16.5. The average molecular weight is 241 g/mol. The topological polar surface area (TPSA) is 21.3 Å². The van der Waals surface area contributed by atoms with Crippen molar-refractivity contribution in [3.8, 4) is 0 Å². The number of hydrogen-bond acceptors (Lipinski definition) is 2. The van der Waals surface area contributed by atoms with E-state index in [-0.39, 0.29) is 0 Å². The van der Waals surface area contributed by atoms with Crippen LogP contribution in [0.4, 0.5) is 0 Å². The van der Waals surface area contributed by atoms with Crippen molar-refractivity contribution in [2.24, 2.45) is 5.92 Å². The number of hydrogen-bond donors (Lipinski definition) is 1. The maximum absolute atomic E-state index is 5.96. The van der Waals surface area contributed by atoms with Crippen molar-refractivity contribution in [3.05, 3.63) is 0 Å². The zero-order valence-electron chi connectivity index (χ0n) is 12.0. The Hall–Kier alpha value is -0.0800. The molecule has 0 aromatic carbocycles. The van der Waals surface area contributed by atoms with Gasteiger partial charge in [-0.25, -0.2) is 0 Å². The molecule has 0 radical (unpaired) electrons. The van der Waals surface area contributed by atoms with Gasteiger partial charge in [-0.2, -0.15) is 0 Å². The van der Waals surface area contributed by atoms with Crippen LogP contribution in [0.5, 0.6) is 0 Å². The molecule has 1 fully saturated rings. The predicted molar refractivity (Wildman–Crippen MR) is 74.4 cm³/mol. The normalized spacial score (nSPS) is 19.8. The van der Waals surface area contributed by atoms with E-state index in [1.54, 1.807) is 0 Å². The molecule has 2 heteroatoms. The summed E-state index contributed by atoms with van der Waals surface area (Å²) in [5.41, 5.74) is 0. The van der Waals surface area contributed by atoms with E-state index in [1.165, 1.54) is 44.9 Å². The Morgan fingerprint density at radius 1 is 1.12 bits per heavy atom. The maximum Gasteiger partial charge on any atom is 0.0671 e. The highest BCUT2D eigenvalue weighted by Crippen LogP contribution is 2.23. The average Bonchev–Trinajstić information content (AvgIpc) is 2.39. The van der Waals surface area contributed by atoms with E-state index in [2.05, 4.69) is 26.1 Å². The molecule has 0 heterocycles. The van der Waals surface area contributed by atoms with Crippen molar-refractivity contribution in [2.45, 2.75) is 77.9 Å². The third-order valence-electron chi connectivity index (χ3n) is 4.02. The van der Waals surface area contributed by atoms with Gasteiger partial charge in [-0.3, -0.25) is 0 Å². The van der Waals surface area contributed by atoms with Crippen LogP contribution in [0, 0.1) is 5.92 Å². The highest BCUT2D eigenvalue weighted by Gasteiger charge is 2.15. The number of ether oxygens (including phenoxy) is 1. The molecule has 0 amide bonds. The molecule has 1 unspecified atom stereocenters. The Kier molecular flexibility index (Phi) is 7.87. The molecular weight excluding hydrogens is 210 g/mol. The monoisotopic (exact) mass is 241 g/mol. The lowest BCUT2D eigenvalue weighted by atomic mass is 9.90. The SMILES string of the molecule is CCC(CC)NCC(C)OCC1CCCCC1. The van der Waals surface area contributed by atoms with Crippen LogP contribution in [-0.4, -0.2) is 25.3 Å². The maximum atomic E-state index is 5.96. The second-order valence-corrected chi connectivity index (χ2v) is 5.57. The van der Waals surface area contributed by atoms with Crippen LogP contribution in [0.15, 0.2) is 0 Å². The summed E-state index contributed by atoms with van der Waals surface area (Å²) in [7, 11) is 0. The summed E-state index contributed by atoms with van der Waals surface area (Å²) in [6.07, 6.45) is 9.81. The van der Waals surface area contributed by atoms with Gasteiger partial charge in [0.1, 0.15) is 0 Å². The zero-order valence-corrected chi connectivity index (χ0v) is 12.0. The van der Waals surface area contributed by atoms with Crippen molar-refractivity contribution in [3.63, 3.8) is 0 Å². The fourth-order valence-electron chi connectivity index (χ4n) is 2.62. The summed E-state index contributed by atoms with van der Waals surface area (Å²) in [4.78, 5) is 0. The summed E-state index contributed by atoms with van der Waals surface area (Å²) in [5.74, 6) is 0.833. The van der Waals surface area contributed by atoms with Gasteiger partial charge in [0.2, 0.25) is 0 Å². The van der Waals surface area contributed by atoms with E-state index in [1.807, 2.05) is 0 Å². The van der Waals surface area contributed by atoms with Gasteiger partial charge in [-0.15, -0.1) is 0 Å². The molecule has 1 saturated carbocycles. The summed E-state index contributed by atoms with van der Waals surface area (Å²) in [6, 6.07) is 0.663. The standard InChI is InChI=1S/C15H31NO/c1-4-15(5-2)16-11-13(3)17-12-14-9-7-6-8-10-14/h13-16H,4-12H2,1-3H3. The molecule has 0 spiro atoms. The third-order valence-corrected chi connectivity index (χ3v) is 4.02. The molecule has 0 aromatic rings. The molecule has 0 aliphatic heterocycles. The van der Waals surface area contributed by atoms with Crippen LogP contribution in [0.2, 0.25) is 0 Å². The van der Waals surface area contributed by atoms with Crippen molar-refractivity contribution >= 4 is 0 Å². The molecule has 17 heavy (non-hydrogen) atoms. The molecule has 1 rings (SSSR count). The number of rotatable bonds is 8. The van der Waals surface area contributed by atoms with Crippen molar-refractivity contribution < 1.29 is 4.74 Å². The fraction of sp³-hybridized carbons (Fsp3) is 1.00. The molecule has 102 valence electrons. The Labute approximate surface area is 108 Å². The summed E-state index contributed by atoms with van der Waals surface area (Å²) in [6.45, 7) is 8.66. The van der Waals surface area contributed by atoms with Gasteiger partial charge in [-0.05, 0) is 38.5 Å². The van der Waals surface area contributed by atoms with E-state index < -0.39 is 0 Å². The minimum absolute atomic E-state index is 0.359. The van der Waals surface area contributed by atoms with Crippen LogP contribution in [0.1, 0.15) is 65.7 Å². The van der Waals surface area contributed by atoms with Crippen molar-refractivity contribution in [1.82, 2.24) is 5.32 Å². The highest BCUT2D eigenvalue weighted by molar-refractivity contribution is 4.68. The predicted octanol–water partition coefficient (Wildman–Crippen LogP) is 3.75. The lowest BCUT2D eigenvalue weighted by molar-refractivity contribution is 0.0299.